The smallest absolute Gasteiger partial charge is 0.0676 e. The molecule has 0 spiro atoms. The summed E-state index contributed by atoms with van der Waals surface area (Å²) in [6.07, 6.45) is 5.67. The van der Waals surface area contributed by atoms with Gasteiger partial charge in [-0.15, -0.1) is 0 Å². The molecule has 0 bridgehead atoms. The van der Waals surface area contributed by atoms with Crippen molar-refractivity contribution in [2.75, 3.05) is 5.33 Å². The summed E-state index contributed by atoms with van der Waals surface area (Å²) in [7, 11) is 0. The number of halogens is 1. The van der Waals surface area contributed by atoms with Crippen LogP contribution in [0.5, 0.6) is 0 Å². The van der Waals surface area contributed by atoms with Gasteiger partial charge < -0.3 is 4.74 Å². The Balaban J connectivity index is 1.75. The number of hydrogen-bond donors (Lipinski definition) is 0. The van der Waals surface area contributed by atoms with E-state index in [-0.39, 0.29) is 0 Å². The third kappa shape index (κ3) is 3.32. The number of hydrogen-bond acceptors (Lipinski definition) is 1. The molecule has 1 aliphatic rings. The fraction of sp³-hybridized carbons (Fsp3) is 0.538. The quantitative estimate of drug-likeness (QED) is 0.759. The van der Waals surface area contributed by atoms with Gasteiger partial charge in [-0.2, -0.15) is 0 Å². The summed E-state index contributed by atoms with van der Waals surface area (Å²) in [5, 5.41) is 0.981. The number of aryl methyl sites for hydroxylation is 1. The van der Waals surface area contributed by atoms with Gasteiger partial charge in [-0.1, -0.05) is 46.3 Å². The van der Waals surface area contributed by atoms with E-state index in [9.17, 15) is 0 Å². The zero-order valence-electron chi connectivity index (χ0n) is 8.86. The van der Waals surface area contributed by atoms with Crippen LogP contribution in [0, 0.1) is 0 Å². The van der Waals surface area contributed by atoms with Gasteiger partial charge in [0.1, 0.15) is 0 Å². The SMILES string of the molecule is BrCC1CCC(CCc2ccccc2)O1. The van der Waals surface area contributed by atoms with Gasteiger partial charge in [-0.25, -0.2) is 0 Å². The molecule has 82 valence electrons. The van der Waals surface area contributed by atoms with Crippen LogP contribution in [0.15, 0.2) is 30.3 Å². The van der Waals surface area contributed by atoms with Gasteiger partial charge in [0, 0.05) is 5.33 Å². The van der Waals surface area contributed by atoms with E-state index >= 15 is 0 Å². The Kier molecular flexibility index (Phi) is 4.21. The van der Waals surface area contributed by atoms with Gasteiger partial charge in [-0.3, -0.25) is 0 Å². The van der Waals surface area contributed by atoms with E-state index in [2.05, 4.69) is 46.3 Å². The average Bonchev–Trinajstić information content (AvgIpc) is 2.76. The second kappa shape index (κ2) is 5.66. The molecule has 1 aromatic carbocycles. The number of rotatable bonds is 4. The molecule has 0 radical (unpaired) electrons. The molecule has 1 saturated heterocycles. The van der Waals surface area contributed by atoms with Gasteiger partial charge in [0.2, 0.25) is 0 Å². The minimum Gasteiger partial charge on any atom is -0.374 e. The minimum absolute atomic E-state index is 0.450. The molecule has 1 aromatic rings. The average molecular weight is 269 g/mol. The number of benzene rings is 1. The van der Waals surface area contributed by atoms with Gasteiger partial charge in [0.25, 0.3) is 0 Å². The second-order valence-corrected chi connectivity index (χ2v) is 4.78. The molecule has 2 atom stereocenters. The molecule has 2 heteroatoms. The van der Waals surface area contributed by atoms with Crippen LogP contribution in [0.25, 0.3) is 0 Å². The lowest BCUT2D eigenvalue weighted by atomic mass is 10.1. The van der Waals surface area contributed by atoms with Crippen LogP contribution in [-0.2, 0) is 11.2 Å². The van der Waals surface area contributed by atoms with Gasteiger partial charge >= 0.3 is 0 Å². The van der Waals surface area contributed by atoms with Crippen molar-refractivity contribution in [1.82, 2.24) is 0 Å². The third-order valence-electron chi connectivity index (χ3n) is 2.97. The van der Waals surface area contributed by atoms with Crippen molar-refractivity contribution in [2.45, 2.75) is 37.9 Å². The van der Waals surface area contributed by atoms with Crippen molar-refractivity contribution in [2.24, 2.45) is 0 Å². The Hall–Kier alpha value is -0.340. The van der Waals surface area contributed by atoms with Crippen molar-refractivity contribution in [3.05, 3.63) is 35.9 Å². The van der Waals surface area contributed by atoms with E-state index in [4.69, 9.17) is 4.74 Å². The van der Waals surface area contributed by atoms with Crippen molar-refractivity contribution in [3.63, 3.8) is 0 Å². The standard InChI is InChI=1S/C13H17BrO/c14-10-13-9-8-12(15-13)7-6-11-4-2-1-3-5-11/h1-5,12-13H,6-10H2. The first-order chi connectivity index (χ1) is 7.38. The predicted molar refractivity (Wildman–Crippen MR) is 66.5 cm³/mol. The monoisotopic (exact) mass is 268 g/mol. The summed E-state index contributed by atoms with van der Waals surface area (Å²) < 4.78 is 5.89. The normalized spacial score (nSPS) is 25.7. The Morgan fingerprint density at radius 1 is 1.13 bits per heavy atom. The zero-order chi connectivity index (χ0) is 10.5. The lowest BCUT2D eigenvalue weighted by Crippen LogP contribution is -2.12. The van der Waals surface area contributed by atoms with Crippen molar-refractivity contribution in [3.8, 4) is 0 Å². The molecule has 0 aromatic heterocycles. The highest BCUT2D eigenvalue weighted by atomic mass is 79.9. The molecule has 0 N–H and O–H groups in total. The highest BCUT2D eigenvalue weighted by molar-refractivity contribution is 9.09. The zero-order valence-corrected chi connectivity index (χ0v) is 10.4. The molecule has 15 heavy (non-hydrogen) atoms. The maximum absolute atomic E-state index is 5.89. The molecule has 1 nitrogen and oxygen atoms in total. The van der Waals surface area contributed by atoms with E-state index in [0.29, 0.717) is 12.2 Å². The Bertz CT molecular complexity index is 286. The summed E-state index contributed by atoms with van der Waals surface area (Å²) in [6, 6.07) is 10.7. The molecule has 1 aliphatic heterocycles. The summed E-state index contributed by atoms with van der Waals surface area (Å²) >= 11 is 3.47. The molecule has 2 unspecified atom stereocenters. The lowest BCUT2D eigenvalue weighted by molar-refractivity contribution is 0.0543. The van der Waals surface area contributed by atoms with E-state index in [1.807, 2.05) is 0 Å². The van der Waals surface area contributed by atoms with E-state index in [1.54, 1.807) is 0 Å². The lowest BCUT2D eigenvalue weighted by Gasteiger charge is -2.11. The summed E-state index contributed by atoms with van der Waals surface area (Å²) in [5.74, 6) is 0. The maximum Gasteiger partial charge on any atom is 0.0676 e. The van der Waals surface area contributed by atoms with Crippen molar-refractivity contribution < 1.29 is 4.74 Å². The highest BCUT2D eigenvalue weighted by Gasteiger charge is 2.23. The van der Waals surface area contributed by atoms with E-state index in [1.165, 1.54) is 18.4 Å². The maximum atomic E-state index is 5.89. The number of ether oxygens (including phenoxy) is 1. The largest absolute Gasteiger partial charge is 0.374 e. The van der Waals surface area contributed by atoms with Crippen LogP contribution in [0.1, 0.15) is 24.8 Å². The second-order valence-electron chi connectivity index (χ2n) is 4.14. The Morgan fingerprint density at radius 2 is 1.87 bits per heavy atom. The van der Waals surface area contributed by atoms with Crippen molar-refractivity contribution >= 4 is 15.9 Å². The molecule has 2 rings (SSSR count). The molecule has 0 saturated carbocycles. The van der Waals surface area contributed by atoms with Gasteiger partial charge in [0.05, 0.1) is 12.2 Å². The summed E-state index contributed by atoms with van der Waals surface area (Å²) in [6.45, 7) is 0. The first-order valence-corrected chi connectivity index (χ1v) is 6.76. The first-order valence-electron chi connectivity index (χ1n) is 5.64. The van der Waals surface area contributed by atoms with Crippen LogP contribution in [0.3, 0.4) is 0 Å². The first kappa shape index (κ1) is 11.2. The molecule has 1 fully saturated rings. The molecular weight excluding hydrogens is 252 g/mol. The fourth-order valence-corrected chi connectivity index (χ4v) is 2.55. The van der Waals surface area contributed by atoms with Crippen LogP contribution >= 0.6 is 15.9 Å². The topological polar surface area (TPSA) is 9.23 Å². The molecule has 1 heterocycles. The Morgan fingerprint density at radius 3 is 2.53 bits per heavy atom. The predicted octanol–water partition coefficient (Wildman–Crippen LogP) is 3.56. The molecular formula is C13H17BrO. The van der Waals surface area contributed by atoms with Crippen LogP contribution in [0.4, 0.5) is 0 Å². The third-order valence-corrected chi connectivity index (χ3v) is 3.69. The number of alkyl halides is 1. The molecule has 0 aliphatic carbocycles. The van der Waals surface area contributed by atoms with Crippen LogP contribution < -0.4 is 0 Å². The fourth-order valence-electron chi connectivity index (χ4n) is 2.08. The van der Waals surface area contributed by atoms with Crippen molar-refractivity contribution in [1.29, 1.82) is 0 Å². The summed E-state index contributed by atoms with van der Waals surface area (Å²) in [4.78, 5) is 0. The van der Waals surface area contributed by atoms with E-state index < -0.39 is 0 Å². The van der Waals surface area contributed by atoms with Crippen LogP contribution in [-0.4, -0.2) is 17.5 Å². The highest BCUT2D eigenvalue weighted by Crippen LogP contribution is 2.24. The Labute approximate surface area is 100.0 Å². The van der Waals surface area contributed by atoms with E-state index in [0.717, 1.165) is 18.2 Å². The summed E-state index contributed by atoms with van der Waals surface area (Å²) in [5.41, 5.74) is 1.42. The minimum atomic E-state index is 0.450. The van der Waals surface area contributed by atoms with Crippen LogP contribution in [0.2, 0.25) is 0 Å². The van der Waals surface area contributed by atoms with Gasteiger partial charge in [0.15, 0.2) is 0 Å². The van der Waals surface area contributed by atoms with Gasteiger partial charge in [-0.05, 0) is 31.2 Å². The molecule has 0 amide bonds.